The van der Waals surface area contributed by atoms with E-state index in [9.17, 15) is 0 Å². The third-order valence-corrected chi connectivity index (χ3v) is 5.50. The molecule has 10 nitrogen and oxygen atoms in total. The van der Waals surface area contributed by atoms with E-state index in [2.05, 4.69) is 30.4 Å². The summed E-state index contributed by atoms with van der Waals surface area (Å²) in [7, 11) is 0. The highest BCUT2D eigenvalue weighted by atomic mass is 16.7. The van der Waals surface area contributed by atoms with Crippen LogP contribution >= 0.6 is 0 Å². The smallest absolute Gasteiger partial charge is 0.231 e. The number of ether oxygens (including phenoxy) is 2. The van der Waals surface area contributed by atoms with Gasteiger partial charge >= 0.3 is 0 Å². The Kier molecular flexibility index (Phi) is 3.39. The highest BCUT2D eigenvalue weighted by Gasteiger charge is 2.19. The van der Waals surface area contributed by atoms with E-state index in [0.29, 0.717) is 17.3 Å². The fraction of sp³-hybridized carbons (Fsp3) is 0.0455. The summed E-state index contributed by atoms with van der Waals surface area (Å²) in [6, 6.07) is 9.68. The SMILES string of the molecule is c1n[nH]cc1-c1ccc2[nH]nc(-c3nc4c(-c5ccc6c(c5)OCO6)cncc4[nH]3)c2n1. The second kappa shape index (κ2) is 6.38. The molecule has 0 saturated carbocycles. The zero-order chi connectivity index (χ0) is 21.1. The molecule has 1 aliphatic heterocycles. The third-order valence-electron chi connectivity index (χ3n) is 5.50. The molecule has 0 spiro atoms. The summed E-state index contributed by atoms with van der Waals surface area (Å²) in [6.45, 7) is 0.230. The predicted molar refractivity (Wildman–Crippen MR) is 116 cm³/mol. The summed E-state index contributed by atoms with van der Waals surface area (Å²) < 4.78 is 10.9. The van der Waals surface area contributed by atoms with Gasteiger partial charge in [-0.15, -0.1) is 0 Å². The van der Waals surface area contributed by atoms with Gasteiger partial charge < -0.3 is 14.5 Å². The van der Waals surface area contributed by atoms with Crippen LogP contribution in [0.25, 0.3) is 56.0 Å². The molecule has 0 saturated heterocycles. The fourth-order valence-electron chi connectivity index (χ4n) is 3.94. The summed E-state index contributed by atoms with van der Waals surface area (Å²) in [5, 5.41) is 14.3. The van der Waals surface area contributed by atoms with Crippen molar-refractivity contribution in [1.82, 2.24) is 40.3 Å². The highest BCUT2D eigenvalue weighted by molar-refractivity contribution is 5.96. The van der Waals surface area contributed by atoms with Crippen molar-refractivity contribution in [3.63, 3.8) is 0 Å². The van der Waals surface area contributed by atoms with Crippen LogP contribution in [-0.2, 0) is 0 Å². The van der Waals surface area contributed by atoms with Gasteiger partial charge in [0.15, 0.2) is 23.0 Å². The minimum atomic E-state index is 0.230. The van der Waals surface area contributed by atoms with E-state index in [4.69, 9.17) is 19.4 Å². The Balaban J connectivity index is 1.38. The van der Waals surface area contributed by atoms with Gasteiger partial charge in [0, 0.05) is 23.5 Å². The van der Waals surface area contributed by atoms with Gasteiger partial charge in [-0.2, -0.15) is 10.2 Å². The molecule has 0 amide bonds. The van der Waals surface area contributed by atoms with Crippen LogP contribution in [-0.4, -0.2) is 47.1 Å². The minimum absolute atomic E-state index is 0.230. The topological polar surface area (TPSA) is 130 Å². The molecule has 0 fully saturated rings. The maximum absolute atomic E-state index is 5.53. The van der Waals surface area contributed by atoms with E-state index in [1.807, 2.05) is 30.3 Å². The van der Waals surface area contributed by atoms with Gasteiger partial charge in [0.1, 0.15) is 5.52 Å². The molecule has 0 aliphatic carbocycles. The largest absolute Gasteiger partial charge is 0.454 e. The van der Waals surface area contributed by atoms with Gasteiger partial charge in [0.25, 0.3) is 0 Å². The van der Waals surface area contributed by atoms with Gasteiger partial charge in [-0.3, -0.25) is 15.2 Å². The molecule has 6 heterocycles. The molecule has 3 N–H and O–H groups in total. The van der Waals surface area contributed by atoms with Crippen LogP contribution in [0.4, 0.5) is 0 Å². The number of fused-ring (bicyclic) bond motifs is 3. The molecule has 1 aliphatic rings. The molecule has 6 aromatic rings. The van der Waals surface area contributed by atoms with Gasteiger partial charge in [-0.05, 0) is 29.8 Å². The Morgan fingerprint density at radius 3 is 2.75 bits per heavy atom. The van der Waals surface area contributed by atoms with Crippen molar-refractivity contribution in [1.29, 1.82) is 0 Å². The lowest BCUT2D eigenvalue weighted by molar-refractivity contribution is 0.174. The van der Waals surface area contributed by atoms with Gasteiger partial charge in [0.05, 0.1) is 34.6 Å². The first-order valence-corrected chi connectivity index (χ1v) is 9.92. The standard InChI is InChI=1S/C22H14N8O2/c1-4-17-18(32-10-31-17)5-11(1)13-8-23-9-16-19(13)28-22(27-16)21-20-15(29-30-21)3-2-14(26-20)12-6-24-25-7-12/h1-9H,10H2,(H,24,25)(H,27,28)(H,29,30). The first-order chi connectivity index (χ1) is 15.8. The van der Waals surface area contributed by atoms with Crippen molar-refractivity contribution >= 4 is 22.1 Å². The monoisotopic (exact) mass is 422 g/mol. The average molecular weight is 422 g/mol. The Bertz CT molecular complexity index is 1620. The first kappa shape index (κ1) is 17.0. The number of imidazole rings is 1. The second-order valence-corrected chi connectivity index (χ2v) is 7.39. The van der Waals surface area contributed by atoms with E-state index in [1.54, 1.807) is 24.8 Å². The summed E-state index contributed by atoms with van der Waals surface area (Å²) in [5.41, 5.74) is 7.30. The van der Waals surface area contributed by atoms with Gasteiger partial charge in [0.2, 0.25) is 6.79 Å². The summed E-state index contributed by atoms with van der Waals surface area (Å²) in [6.07, 6.45) is 7.08. The normalized spacial score (nSPS) is 12.8. The molecule has 0 atom stereocenters. The number of hydrogen-bond acceptors (Lipinski definition) is 7. The molecule has 32 heavy (non-hydrogen) atoms. The Hall–Kier alpha value is -4.73. The summed E-state index contributed by atoms with van der Waals surface area (Å²) >= 11 is 0. The molecular weight excluding hydrogens is 408 g/mol. The molecule has 10 heteroatoms. The number of rotatable bonds is 3. The van der Waals surface area contributed by atoms with Crippen molar-refractivity contribution in [2.75, 3.05) is 6.79 Å². The number of H-pyrrole nitrogens is 3. The van der Waals surface area contributed by atoms with Crippen LogP contribution in [0.3, 0.4) is 0 Å². The molecule has 5 aromatic heterocycles. The molecule has 0 bridgehead atoms. The number of aromatic nitrogens is 8. The molecular formula is C22H14N8O2. The van der Waals surface area contributed by atoms with Crippen LogP contribution in [0.5, 0.6) is 11.5 Å². The van der Waals surface area contributed by atoms with Gasteiger partial charge in [-0.1, -0.05) is 6.07 Å². The third kappa shape index (κ3) is 2.49. The molecule has 0 radical (unpaired) electrons. The van der Waals surface area contributed by atoms with Crippen LogP contribution < -0.4 is 9.47 Å². The molecule has 0 unspecified atom stereocenters. The van der Waals surface area contributed by atoms with Crippen molar-refractivity contribution in [3.05, 3.63) is 55.1 Å². The Labute approximate surface area is 179 Å². The zero-order valence-electron chi connectivity index (χ0n) is 16.5. The van der Waals surface area contributed by atoms with E-state index in [-0.39, 0.29) is 6.79 Å². The lowest BCUT2D eigenvalue weighted by Crippen LogP contribution is -1.92. The van der Waals surface area contributed by atoms with Crippen LogP contribution in [0.15, 0.2) is 55.1 Å². The highest BCUT2D eigenvalue weighted by Crippen LogP contribution is 2.38. The number of pyridine rings is 2. The fourth-order valence-corrected chi connectivity index (χ4v) is 3.94. The van der Waals surface area contributed by atoms with Crippen LogP contribution in [0.2, 0.25) is 0 Å². The Morgan fingerprint density at radius 1 is 0.844 bits per heavy atom. The molecule has 7 rings (SSSR count). The van der Waals surface area contributed by atoms with Gasteiger partial charge in [-0.25, -0.2) is 9.97 Å². The van der Waals surface area contributed by atoms with Crippen molar-refractivity contribution in [2.24, 2.45) is 0 Å². The number of benzene rings is 1. The van der Waals surface area contributed by atoms with E-state index in [0.717, 1.165) is 50.2 Å². The molecule has 1 aromatic carbocycles. The lowest BCUT2D eigenvalue weighted by atomic mass is 10.1. The van der Waals surface area contributed by atoms with Crippen LogP contribution in [0.1, 0.15) is 0 Å². The number of nitrogens with one attached hydrogen (secondary N) is 3. The predicted octanol–water partition coefficient (Wildman–Crippen LogP) is 3.68. The minimum Gasteiger partial charge on any atom is -0.454 e. The van der Waals surface area contributed by atoms with Crippen molar-refractivity contribution in [3.8, 4) is 45.4 Å². The van der Waals surface area contributed by atoms with E-state index in [1.165, 1.54) is 0 Å². The maximum Gasteiger partial charge on any atom is 0.231 e. The average Bonchev–Trinajstić information content (AvgIpc) is 3.62. The Morgan fingerprint density at radius 2 is 1.81 bits per heavy atom. The maximum atomic E-state index is 5.53. The van der Waals surface area contributed by atoms with E-state index >= 15 is 0 Å². The van der Waals surface area contributed by atoms with E-state index < -0.39 is 0 Å². The van der Waals surface area contributed by atoms with Crippen LogP contribution in [0, 0.1) is 0 Å². The number of nitrogens with zero attached hydrogens (tertiary/aromatic N) is 5. The molecule has 154 valence electrons. The van der Waals surface area contributed by atoms with Crippen molar-refractivity contribution < 1.29 is 9.47 Å². The first-order valence-electron chi connectivity index (χ1n) is 9.92. The number of hydrogen-bond donors (Lipinski definition) is 3. The lowest BCUT2D eigenvalue weighted by Gasteiger charge is -2.03. The van der Waals surface area contributed by atoms with Crippen molar-refractivity contribution in [2.45, 2.75) is 0 Å². The quantitative estimate of drug-likeness (QED) is 0.396. The second-order valence-electron chi connectivity index (χ2n) is 7.39. The summed E-state index contributed by atoms with van der Waals surface area (Å²) in [5.74, 6) is 2.06. The zero-order valence-corrected chi connectivity index (χ0v) is 16.5. The number of aromatic amines is 3. The summed E-state index contributed by atoms with van der Waals surface area (Å²) in [4.78, 5) is 17.4.